The number of Topliss-reactive ketones (excluding diaryl/α,β-unsaturated/α-hetero) is 1. The number of benzene rings is 3. The Balaban J connectivity index is 1.87. The fourth-order valence-corrected chi connectivity index (χ4v) is 4.14. The lowest BCUT2D eigenvalue weighted by Gasteiger charge is -2.25. The zero-order valence-electron chi connectivity index (χ0n) is 19.0. The van der Waals surface area contributed by atoms with Crippen molar-refractivity contribution >= 4 is 46.3 Å². The summed E-state index contributed by atoms with van der Waals surface area (Å²) in [4.78, 5) is 27.7. The van der Waals surface area contributed by atoms with E-state index in [2.05, 4.69) is 0 Å². The van der Waals surface area contributed by atoms with E-state index >= 15 is 0 Å². The molecule has 180 valence electrons. The molecule has 1 N–H and O–H groups in total. The molecule has 1 aliphatic heterocycles. The Morgan fingerprint density at radius 2 is 1.74 bits per heavy atom. The maximum Gasteiger partial charge on any atom is 0.300 e. The summed E-state index contributed by atoms with van der Waals surface area (Å²) in [5.41, 5.74) is 0.925. The molecule has 1 aliphatic rings. The minimum absolute atomic E-state index is 0.131. The highest BCUT2D eigenvalue weighted by atomic mass is 35.5. The number of anilines is 1. The quantitative estimate of drug-likeness (QED) is 0.223. The topological polar surface area (TPSA) is 66.8 Å². The van der Waals surface area contributed by atoms with Crippen LogP contribution in [0.1, 0.15) is 31.0 Å². The van der Waals surface area contributed by atoms with Gasteiger partial charge in [-0.25, -0.2) is 4.39 Å². The van der Waals surface area contributed by atoms with E-state index in [1.54, 1.807) is 30.3 Å². The monoisotopic (exact) mass is 513 g/mol. The number of carbonyl (C=O) groups is 2. The van der Waals surface area contributed by atoms with Crippen LogP contribution in [0, 0.1) is 11.7 Å². The molecular formula is C27H22Cl2FNO4. The van der Waals surface area contributed by atoms with Gasteiger partial charge in [-0.05, 0) is 53.9 Å². The summed E-state index contributed by atoms with van der Waals surface area (Å²) in [6.07, 6.45) is 0. The molecule has 0 aliphatic carbocycles. The molecule has 1 atom stereocenters. The standard InChI is InChI=1S/C27H22Cl2FNO4/c1-15(2)14-35-20-5-3-4-17(12-20)25(32)23-24(16-6-8-18(30)9-7-16)31(27(34)26(23)33)19-10-11-21(28)22(29)13-19/h3-13,15,24,32H,14H2,1-2H3/b25-23+. The van der Waals surface area contributed by atoms with Crippen LogP contribution in [0.2, 0.25) is 10.0 Å². The molecular weight excluding hydrogens is 492 g/mol. The molecule has 0 bridgehead atoms. The van der Waals surface area contributed by atoms with Crippen LogP contribution in [-0.4, -0.2) is 23.4 Å². The molecule has 1 amide bonds. The molecule has 1 fully saturated rings. The second-order valence-electron chi connectivity index (χ2n) is 8.55. The van der Waals surface area contributed by atoms with E-state index < -0.39 is 23.5 Å². The van der Waals surface area contributed by atoms with Gasteiger partial charge in [-0.2, -0.15) is 0 Å². The van der Waals surface area contributed by atoms with E-state index in [0.717, 1.165) is 0 Å². The van der Waals surface area contributed by atoms with E-state index in [-0.39, 0.29) is 21.4 Å². The largest absolute Gasteiger partial charge is 0.507 e. The van der Waals surface area contributed by atoms with Crippen LogP contribution < -0.4 is 9.64 Å². The molecule has 1 saturated heterocycles. The summed E-state index contributed by atoms with van der Waals surface area (Å²) in [7, 11) is 0. The van der Waals surface area contributed by atoms with Gasteiger partial charge >= 0.3 is 0 Å². The van der Waals surface area contributed by atoms with Crippen molar-refractivity contribution in [3.63, 3.8) is 0 Å². The van der Waals surface area contributed by atoms with E-state index in [1.165, 1.54) is 41.3 Å². The van der Waals surface area contributed by atoms with Crippen molar-refractivity contribution in [2.45, 2.75) is 19.9 Å². The number of hydrogen-bond acceptors (Lipinski definition) is 4. The zero-order chi connectivity index (χ0) is 25.3. The lowest BCUT2D eigenvalue weighted by atomic mass is 9.95. The first-order valence-corrected chi connectivity index (χ1v) is 11.7. The van der Waals surface area contributed by atoms with Crippen molar-refractivity contribution in [1.82, 2.24) is 0 Å². The van der Waals surface area contributed by atoms with E-state index in [4.69, 9.17) is 27.9 Å². The van der Waals surface area contributed by atoms with E-state index in [0.29, 0.717) is 35.1 Å². The lowest BCUT2D eigenvalue weighted by Crippen LogP contribution is -2.29. The normalized spacial score (nSPS) is 17.3. The molecule has 5 nitrogen and oxygen atoms in total. The van der Waals surface area contributed by atoms with Crippen molar-refractivity contribution in [3.05, 3.63) is 99.3 Å². The van der Waals surface area contributed by atoms with Crippen LogP contribution in [0.25, 0.3) is 5.76 Å². The third-order valence-corrected chi connectivity index (χ3v) is 6.24. The Morgan fingerprint density at radius 1 is 1.03 bits per heavy atom. The van der Waals surface area contributed by atoms with Crippen LogP contribution in [-0.2, 0) is 9.59 Å². The highest BCUT2D eigenvalue weighted by Crippen LogP contribution is 2.43. The Kier molecular flexibility index (Phi) is 7.15. The van der Waals surface area contributed by atoms with Crippen LogP contribution >= 0.6 is 23.2 Å². The number of aliphatic hydroxyl groups excluding tert-OH is 1. The number of aliphatic hydroxyl groups is 1. The Labute approximate surface area is 212 Å². The number of nitrogens with zero attached hydrogens (tertiary/aromatic N) is 1. The smallest absolute Gasteiger partial charge is 0.300 e. The van der Waals surface area contributed by atoms with Crippen LogP contribution in [0.15, 0.2) is 72.3 Å². The number of carbonyl (C=O) groups excluding carboxylic acids is 2. The summed E-state index contributed by atoms with van der Waals surface area (Å²) in [5.74, 6) is -1.77. The summed E-state index contributed by atoms with van der Waals surface area (Å²) in [6, 6.07) is 15.5. The first-order valence-electron chi connectivity index (χ1n) is 10.9. The average Bonchev–Trinajstić information content (AvgIpc) is 3.10. The SMILES string of the molecule is CC(C)COc1cccc(/C(O)=C2\C(=O)C(=O)N(c3ccc(Cl)c(Cl)c3)C2c2ccc(F)cc2)c1. The summed E-state index contributed by atoms with van der Waals surface area (Å²) < 4.78 is 19.4. The molecule has 0 radical (unpaired) electrons. The van der Waals surface area contributed by atoms with Crippen LogP contribution in [0.3, 0.4) is 0 Å². The summed E-state index contributed by atoms with van der Waals surface area (Å²) >= 11 is 12.2. The molecule has 3 aromatic carbocycles. The number of rotatable bonds is 6. The van der Waals surface area contributed by atoms with Gasteiger partial charge in [0.2, 0.25) is 0 Å². The number of amides is 1. The molecule has 8 heteroatoms. The van der Waals surface area contributed by atoms with Gasteiger partial charge < -0.3 is 9.84 Å². The summed E-state index contributed by atoms with van der Waals surface area (Å²) in [5, 5.41) is 11.7. The number of halogens is 3. The Hall–Kier alpha value is -3.35. The zero-order valence-corrected chi connectivity index (χ0v) is 20.5. The summed E-state index contributed by atoms with van der Waals surface area (Å²) in [6.45, 7) is 4.50. The molecule has 0 aromatic heterocycles. The third-order valence-electron chi connectivity index (χ3n) is 5.50. The molecule has 1 heterocycles. The van der Waals surface area contributed by atoms with Crippen molar-refractivity contribution in [3.8, 4) is 5.75 Å². The van der Waals surface area contributed by atoms with Gasteiger partial charge in [-0.1, -0.05) is 61.3 Å². The van der Waals surface area contributed by atoms with Gasteiger partial charge in [-0.3, -0.25) is 14.5 Å². The average molecular weight is 514 g/mol. The maximum absolute atomic E-state index is 13.7. The van der Waals surface area contributed by atoms with Gasteiger partial charge in [0.05, 0.1) is 28.3 Å². The second kappa shape index (κ2) is 10.1. The van der Waals surface area contributed by atoms with Crippen LogP contribution in [0.4, 0.5) is 10.1 Å². The Bertz CT molecular complexity index is 1320. The van der Waals surface area contributed by atoms with Crippen LogP contribution in [0.5, 0.6) is 5.75 Å². The minimum atomic E-state index is -1.02. The molecule has 0 saturated carbocycles. The maximum atomic E-state index is 13.7. The second-order valence-corrected chi connectivity index (χ2v) is 9.37. The number of ether oxygens (including phenoxy) is 1. The molecule has 3 aromatic rings. The predicted octanol–water partition coefficient (Wildman–Crippen LogP) is 6.79. The van der Waals surface area contributed by atoms with Gasteiger partial charge in [0, 0.05) is 11.3 Å². The third kappa shape index (κ3) is 5.04. The highest BCUT2D eigenvalue weighted by molar-refractivity contribution is 6.52. The molecule has 1 unspecified atom stereocenters. The molecule has 4 rings (SSSR count). The predicted molar refractivity (Wildman–Crippen MR) is 134 cm³/mol. The molecule has 35 heavy (non-hydrogen) atoms. The number of hydrogen-bond donors (Lipinski definition) is 1. The van der Waals surface area contributed by atoms with E-state index in [9.17, 15) is 19.1 Å². The van der Waals surface area contributed by atoms with Crippen molar-refractivity contribution in [2.24, 2.45) is 5.92 Å². The van der Waals surface area contributed by atoms with E-state index in [1.807, 2.05) is 13.8 Å². The fraction of sp³-hybridized carbons (Fsp3) is 0.185. The van der Waals surface area contributed by atoms with Crippen molar-refractivity contribution in [2.75, 3.05) is 11.5 Å². The van der Waals surface area contributed by atoms with Gasteiger partial charge in [0.1, 0.15) is 17.3 Å². The first kappa shape index (κ1) is 24.8. The van der Waals surface area contributed by atoms with Crippen molar-refractivity contribution in [1.29, 1.82) is 0 Å². The molecule has 0 spiro atoms. The lowest BCUT2D eigenvalue weighted by molar-refractivity contribution is -0.132. The van der Waals surface area contributed by atoms with Gasteiger partial charge in [0.15, 0.2) is 0 Å². The fourth-order valence-electron chi connectivity index (χ4n) is 3.85. The Morgan fingerprint density at radius 3 is 2.40 bits per heavy atom. The number of ketones is 1. The highest BCUT2D eigenvalue weighted by Gasteiger charge is 2.47. The van der Waals surface area contributed by atoms with Gasteiger partial charge in [-0.15, -0.1) is 0 Å². The minimum Gasteiger partial charge on any atom is -0.507 e. The van der Waals surface area contributed by atoms with Crippen molar-refractivity contribution < 1.29 is 23.8 Å². The van der Waals surface area contributed by atoms with Gasteiger partial charge in [0.25, 0.3) is 11.7 Å². The first-order chi connectivity index (χ1) is 16.7.